The maximum Gasteiger partial charge on any atom is 0.243 e. The average molecular weight is 328 g/mol. The SMILES string of the molecule is C=Cc1ccc(S(=O)(=O)N2CCN(c3ccccc3)CC2)cc1. The van der Waals surface area contributed by atoms with Gasteiger partial charge < -0.3 is 4.90 Å². The van der Waals surface area contributed by atoms with E-state index in [0.717, 1.165) is 11.3 Å². The molecule has 0 saturated carbocycles. The summed E-state index contributed by atoms with van der Waals surface area (Å²) in [6.07, 6.45) is 1.70. The molecule has 2 aromatic carbocycles. The highest BCUT2D eigenvalue weighted by Gasteiger charge is 2.28. The molecule has 0 atom stereocenters. The van der Waals surface area contributed by atoms with Crippen molar-refractivity contribution in [1.29, 1.82) is 0 Å². The molecule has 0 radical (unpaired) electrons. The molecule has 1 saturated heterocycles. The summed E-state index contributed by atoms with van der Waals surface area (Å²) in [7, 11) is -3.42. The fraction of sp³-hybridized carbons (Fsp3) is 0.222. The molecule has 0 N–H and O–H groups in total. The van der Waals surface area contributed by atoms with Gasteiger partial charge in [0.15, 0.2) is 0 Å². The Bertz CT molecular complexity index is 762. The van der Waals surface area contributed by atoms with Crippen molar-refractivity contribution in [3.63, 3.8) is 0 Å². The highest BCUT2D eigenvalue weighted by Crippen LogP contribution is 2.21. The lowest BCUT2D eigenvalue weighted by atomic mass is 10.2. The summed E-state index contributed by atoms with van der Waals surface area (Å²) < 4.78 is 27.0. The molecule has 0 aliphatic carbocycles. The Kier molecular flexibility index (Phi) is 4.50. The first-order valence-corrected chi connectivity index (χ1v) is 9.08. The van der Waals surface area contributed by atoms with E-state index in [1.807, 2.05) is 18.2 Å². The quantitative estimate of drug-likeness (QED) is 0.866. The first-order valence-electron chi connectivity index (χ1n) is 7.64. The molecule has 0 amide bonds. The molecule has 5 heteroatoms. The van der Waals surface area contributed by atoms with Gasteiger partial charge in [0, 0.05) is 31.9 Å². The van der Waals surface area contributed by atoms with Crippen LogP contribution >= 0.6 is 0 Å². The number of rotatable bonds is 4. The third-order valence-corrected chi connectivity index (χ3v) is 6.03. The molecular formula is C18H20N2O2S. The van der Waals surface area contributed by atoms with Crippen LogP contribution < -0.4 is 4.90 Å². The maximum absolute atomic E-state index is 12.7. The van der Waals surface area contributed by atoms with Crippen molar-refractivity contribution in [1.82, 2.24) is 4.31 Å². The predicted octanol–water partition coefficient (Wildman–Crippen LogP) is 2.84. The van der Waals surface area contributed by atoms with Crippen LogP contribution in [0.5, 0.6) is 0 Å². The Morgan fingerprint density at radius 1 is 0.870 bits per heavy atom. The normalized spacial score (nSPS) is 16.3. The van der Waals surface area contributed by atoms with Crippen LogP contribution in [-0.2, 0) is 10.0 Å². The molecule has 0 bridgehead atoms. The van der Waals surface area contributed by atoms with Crippen LogP contribution in [0.3, 0.4) is 0 Å². The summed E-state index contributed by atoms with van der Waals surface area (Å²) >= 11 is 0. The monoisotopic (exact) mass is 328 g/mol. The van der Waals surface area contributed by atoms with Gasteiger partial charge in [-0.05, 0) is 29.8 Å². The zero-order chi connectivity index (χ0) is 16.3. The van der Waals surface area contributed by atoms with Crippen LogP contribution in [0.15, 0.2) is 66.1 Å². The van der Waals surface area contributed by atoms with Gasteiger partial charge in [0.1, 0.15) is 0 Å². The second kappa shape index (κ2) is 6.56. The largest absolute Gasteiger partial charge is 0.369 e. The Balaban J connectivity index is 1.72. The summed E-state index contributed by atoms with van der Waals surface area (Å²) in [5.74, 6) is 0. The third kappa shape index (κ3) is 3.30. The van der Waals surface area contributed by atoms with Crippen LogP contribution in [0.25, 0.3) is 6.08 Å². The van der Waals surface area contributed by atoms with Gasteiger partial charge in [0.2, 0.25) is 10.0 Å². The summed E-state index contributed by atoms with van der Waals surface area (Å²) in [5.41, 5.74) is 2.05. The molecule has 4 nitrogen and oxygen atoms in total. The van der Waals surface area contributed by atoms with Gasteiger partial charge in [-0.3, -0.25) is 0 Å². The van der Waals surface area contributed by atoms with E-state index in [0.29, 0.717) is 31.1 Å². The lowest BCUT2D eigenvalue weighted by Gasteiger charge is -2.35. The Hall–Kier alpha value is -2.11. The maximum atomic E-state index is 12.7. The second-order valence-corrected chi connectivity index (χ2v) is 7.44. The molecule has 1 fully saturated rings. The van der Waals surface area contributed by atoms with E-state index in [9.17, 15) is 8.42 Å². The fourth-order valence-corrected chi connectivity index (χ4v) is 4.17. The van der Waals surface area contributed by atoms with Crippen LogP contribution in [0.2, 0.25) is 0 Å². The van der Waals surface area contributed by atoms with Gasteiger partial charge in [-0.1, -0.05) is 43.0 Å². The second-order valence-electron chi connectivity index (χ2n) is 5.50. The van der Waals surface area contributed by atoms with Gasteiger partial charge in [-0.15, -0.1) is 0 Å². The van der Waals surface area contributed by atoms with Gasteiger partial charge in [-0.2, -0.15) is 4.31 Å². The lowest BCUT2D eigenvalue weighted by Crippen LogP contribution is -2.48. The van der Waals surface area contributed by atoms with Crippen molar-refractivity contribution in [3.05, 3.63) is 66.7 Å². The van der Waals surface area contributed by atoms with Crippen LogP contribution in [0.4, 0.5) is 5.69 Å². The molecule has 0 aromatic heterocycles. The lowest BCUT2D eigenvalue weighted by molar-refractivity contribution is 0.385. The van der Waals surface area contributed by atoms with Gasteiger partial charge >= 0.3 is 0 Å². The minimum absolute atomic E-state index is 0.344. The number of anilines is 1. The Labute approximate surface area is 137 Å². The predicted molar refractivity (Wildman–Crippen MR) is 93.9 cm³/mol. The average Bonchev–Trinajstić information content (AvgIpc) is 2.62. The van der Waals surface area contributed by atoms with Gasteiger partial charge in [0.25, 0.3) is 0 Å². The van der Waals surface area contributed by atoms with Crippen molar-refractivity contribution in [2.45, 2.75) is 4.90 Å². The molecule has 120 valence electrons. The minimum Gasteiger partial charge on any atom is -0.369 e. The number of benzene rings is 2. The zero-order valence-electron chi connectivity index (χ0n) is 12.9. The number of hydrogen-bond acceptors (Lipinski definition) is 3. The van der Waals surface area contributed by atoms with Crippen molar-refractivity contribution in [2.24, 2.45) is 0 Å². The first-order chi connectivity index (χ1) is 11.1. The number of para-hydroxylation sites is 1. The van der Waals surface area contributed by atoms with E-state index < -0.39 is 10.0 Å². The number of hydrogen-bond donors (Lipinski definition) is 0. The van der Waals surface area contributed by atoms with Crippen molar-refractivity contribution in [2.75, 3.05) is 31.1 Å². The summed E-state index contributed by atoms with van der Waals surface area (Å²) in [5, 5.41) is 0. The van der Waals surface area contributed by atoms with E-state index in [4.69, 9.17) is 0 Å². The minimum atomic E-state index is -3.42. The third-order valence-electron chi connectivity index (χ3n) is 4.11. The smallest absolute Gasteiger partial charge is 0.243 e. The van der Waals surface area contributed by atoms with E-state index >= 15 is 0 Å². The number of sulfonamides is 1. The molecule has 0 unspecified atom stereocenters. The van der Waals surface area contributed by atoms with Crippen molar-refractivity contribution in [3.8, 4) is 0 Å². The van der Waals surface area contributed by atoms with E-state index in [-0.39, 0.29) is 0 Å². The number of nitrogens with zero attached hydrogens (tertiary/aromatic N) is 2. The van der Waals surface area contributed by atoms with Crippen LogP contribution in [0.1, 0.15) is 5.56 Å². The summed E-state index contributed by atoms with van der Waals surface area (Å²) in [6, 6.07) is 16.9. The molecule has 1 aliphatic heterocycles. The van der Waals surface area contributed by atoms with Crippen LogP contribution in [0, 0.1) is 0 Å². The zero-order valence-corrected chi connectivity index (χ0v) is 13.7. The van der Waals surface area contributed by atoms with Crippen molar-refractivity contribution < 1.29 is 8.42 Å². The van der Waals surface area contributed by atoms with Gasteiger partial charge in [0.05, 0.1) is 4.90 Å². The van der Waals surface area contributed by atoms with E-state index in [1.54, 1.807) is 34.6 Å². The Morgan fingerprint density at radius 3 is 2.04 bits per heavy atom. The molecule has 2 aromatic rings. The molecule has 1 aliphatic rings. The van der Waals surface area contributed by atoms with Gasteiger partial charge in [-0.25, -0.2) is 8.42 Å². The van der Waals surface area contributed by atoms with Crippen LogP contribution in [-0.4, -0.2) is 38.9 Å². The first kappa shape index (κ1) is 15.8. The molecular weight excluding hydrogens is 308 g/mol. The molecule has 1 heterocycles. The van der Waals surface area contributed by atoms with Crippen molar-refractivity contribution >= 4 is 21.8 Å². The standard InChI is InChI=1S/C18H20N2O2S/c1-2-16-8-10-18(11-9-16)23(21,22)20-14-12-19(13-15-20)17-6-4-3-5-7-17/h2-11H,1,12-15H2. The summed E-state index contributed by atoms with van der Waals surface area (Å²) in [4.78, 5) is 2.56. The molecule has 3 rings (SSSR count). The highest BCUT2D eigenvalue weighted by atomic mass is 32.2. The topological polar surface area (TPSA) is 40.6 Å². The van der Waals surface area contributed by atoms with E-state index in [1.165, 1.54) is 0 Å². The highest BCUT2D eigenvalue weighted by molar-refractivity contribution is 7.89. The molecule has 23 heavy (non-hydrogen) atoms. The summed E-state index contributed by atoms with van der Waals surface area (Å²) in [6.45, 7) is 6.09. The number of piperazine rings is 1. The molecule has 0 spiro atoms. The Morgan fingerprint density at radius 2 is 1.48 bits per heavy atom. The van der Waals surface area contributed by atoms with E-state index in [2.05, 4.69) is 23.6 Å². The fourth-order valence-electron chi connectivity index (χ4n) is 2.75.